The third-order valence-electron chi connectivity index (χ3n) is 3.26. The van der Waals surface area contributed by atoms with Crippen molar-refractivity contribution < 1.29 is 9.53 Å². The summed E-state index contributed by atoms with van der Waals surface area (Å²) in [5, 5.41) is 8.81. The lowest BCUT2D eigenvalue weighted by atomic mass is 9.80. The number of carbonyl (C=O) groups is 1. The molecule has 0 saturated carbocycles. The smallest absolute Gasteiger partial charge is 0.247 e. The number of nitrogens with zero attached hydrogens (tertiary/aromatic N) is 2. The summed E-state index contributed by atoms with van der Waals surface area (Å²) >= 11 is 0. The molecule has 2 rings (SSSR count). The first-order chi connectivity index (χ1) is 7.15. The molecule has 5 nitrogen and oxygen atoms in total. The van der Waals surface area contributed by atoms with E-state index in [9.17, 15) is 4.79 Å². The van der Waals surface area contributed by atoms with Crippen LogP contribution in [-0.4, -0.2) is 43.6 Å². The molecule has 1 fully saturated rings. The Kier molecular flexibility index (Phi) is 2.65. The molecular weight excluding hydrogens is 194 g/mol. The standard InChI is InChI=1S/C10H17N3O2/c1-6-4-5-11-8-7(6)10(14)13(2)12-9(8)15-3/h6-8,11H,4-5H2,1-3H3. The Labute approximate surface area is 89.5 Å². The molecule has 0 aromatic rings. The van der Waals surface area contributed by atoms with Gasteiger partial charge < -0.3 is 10.1 Å². The Morgan fingerprint density at radius 1 is 1.60 bits per heavy atom. The normalized spacial score (nSPS) is 35.9. The molecule has 0 aromatic heterocycles. The van der Waals surface area contributed by atoms with E-state index in [4.69, 9.17) is 4.74 Å². The average molecular weight is 211 g/mol. The van der Waals surface area contributed by atoms with Crippen LogP contribution in [0.1, 0.15) is 13.3 Å². The largest absolute Gasteiger partial charge is 0.482 e. The van der Waals surface area contributed by atoms with Gasteiger partial charge in [-0.3, -0.25) is 4.79 Å². The molecule has 5 heteroatoms. The van der Waals surface area contributed by atoms with Gasteiger partial charge in [0.2, 0.25) is 11.8 Å². The van der Waals surface area contributed by atoms with Crippen molar-refractivity contribution in [3.05, 3.63) is 0 Å². The fourth-order valence-electron chi connectivity index (χ4n) is 2.37. The van der Waals surface area contributed by atoms with Crippen molar-refractivity contribution in [2.75, 3.05) is 20.7 Å². The molecule has 2 heterocycles. The molecule has 2 aliphatic heterocycles. The highest BCUT2D eigenvalue weighted by Crippen LogP contribution is 2.29. The molecule has 3 unspecified atom stereocenters. The molecule has 0 spiro atoms. The Morgan fingerprint density at radius 2 is 2.33 bits per heavy atom. The van der Waals surface area contributed by atoms with Gasteiger partial charge in [-0.1, -0.05) is 6.92 Å². The van der Waals surface area contributed by atoms with E-state index in [0.29, 0.717) is 11.8 Å². The van der Waals surface area contributed by atoms with Gasteiger partial charge in [0, 0.05) is 7.05 Å². The monoisotopic (exact) mass is 211 g/mol. The van der Waals surface area contributed by atoms with Crippen molar-refractivity contribution in [1.29, 1.82) is 0 Å². The van der Waals surface area contributed by atoms with Gasteiger partial charge in [0.05, 0.1) is 19.1 Å². The maximum absolute atomic E-state index is 12.0. The Bertz CT molecular complexity index is 303. The van der Waals surface area contributed by atoms with Crippen molar-refractivity contribution in [1.82, 2.24) is 10.3 Å². The zero-order valence-corrected chi connectivity index (χ0v) is 9.36. The summed E-state index contributed by atoms with van der Waals surface area (Å²) in [6, 6.07) is -0.0394. The van der Waals surface area contributed by atoms with Crippen molar-refractivity contribution >= 4 is 11.8 Å². The molecule has 1 saturated heterocycles. The van der Waals surface area contributed by atoms with E-state index in [2.05, 4.69) is 17.3 Å². The van der Waals surface area contributed by atoms with Crippen LogP contribution < -0.4 is 5.32 Å². The van der Waals surface area contributed by atoms with Gasteiger partial charge >= 0.3 is 0 Å². The van der Waals surface area contributed by atoms with Crippen LogP contribution in [0.3, 0.4) is 0 Å². The van der Waals surface area contributed by atoms with Crippen LogP contribution >= 0.6 is 0 Å². The van der Waals surface area contributed by atoms with Gasteiger partial charge in [0.25, 0.3) is 0 Å². The lowest BCUT2D eigenvalue weighted by Crippen LogP contribution is -2.58. The average Bonchev–Trinajstić information content (AvgIpc) is 2.23. The van der Waals surface area contributed by atoms with E-state index in [-0.39, 0.29) is 17.9 Å². The van der Waals surface area contributed by atoms with Crippen LogP contribution in [0.2, 0.25) is 0 Å². The summed E-state index contributed by atoms with van der Waals surface area (Å²) in [7, 11) is 3.28. The number of hydrogen-bond acceptors (Lipinski definition) is 4. The second-order valence-corrected chi connectivity index (χ2v) is 4.23. The molecular formula is C10H17N3O2. The van der Waals surface area contributed by atoms with Crippen molar-refractivity contribution in [3.8, 4) is 0 Å². The zero-order valence-electron chi connectivity index (χ0n) is 9.36. The van der Waals surface area contributed by atoms with Crippen LogP contribution in [0.25, 0.3) is 0 Å². The van der Waals surface area contributed by atoms with E-state index >= 15 is 0 Å². The van der Waals surface area contributed by atoms with E-state index in [1.165, 1.54) is 5.01 Å². The number of carbonyl (C=O) groups excluding carboxylic acids is 1. The fourth-order valence-corrected chi connectivity index (χ4v) is 2.37. The lowest BCUT2D eigenvalue weighted by molar-refractivity contribution is -0.138. The number of methoxy groups -OCH3 is 1. The third kappa shape index (κ3) is 1.61. The molecule has 2 aliphatic rings. The highest BCUT2D eigenvalue weighted by atomic mass is 16.5. The van der Waals surface area contributed by atoms with Crippen LogP contribution in [0.4, 0.5) is 0 Å². The minimum Gasteiger partial charge on any atom is -0.482 e. The number of rotatable bonds is 0. The first-order valence-corrected chi connectivity index (χ1v) is 5.28. The molecule has 0 bridgehead atoms. The van der Waals surface area contributed by atoms with E-state index in [1.807, 2.05) is 0 Å². The molecule has 1 amide bonds. The predicted molar refractivity (Wildman–Crippen MR) is 56.3 cm³/mol. The second kappa shape index (κ2) is 3.81. The number of piperidine rings is 1. The molecule has 3 atom stereocenters. The number of nitrogens with one attached hydrogen (secondary N) is 1. The van der Waals surface area contributed by atoms with Crippen LogP contribution in [0.15, 0.2) is 5.10 Å². The Morgan fingerprint density at radius 3 is 3.00 bits per heavy atom. The Hall–Kier alpha value is -1.10. The van der Waals surface area contributed by atoms with Gasteiger partial charge in [-0.05, 0) is 18.9 Å². The minimum absolute atomic E-state index is 0.0313. The summed E-state index contributed by atoms with van der Waals surface area (Å²) < 4.78 is 5.22. The summed E-state index contributed by atoms with van der Waals surface area (Å²) in [4.78, 5) is 12.0. The number of ether oxygens (including phenoxy) is 1. The number of amides is 1. The van der Waals surface area contributed by atoms with E-state index in [0.717, 1.165) is 13.0 Å². The third-order valence-corrected chi connectivity index (χ3v) is 3.26. The van der Waals surface area contributed by atoms with Crippen LogP contribution in [0, 0.1) is 11.8 Å². The van der Waals surface area contributed by atoms with Crippen molar-refractivity contribution in [3.63, 3.8) is 0 Å². The Balaban J connectivity index is 2.32. The SMILES string of the molecule is COC1=NN(C)C(=O)C2C(C)CCNC12. The highest BCUT2D eigenvalue weighted by Gasteiger charge is 2.44. The lowest BCUT2D eigenvalue weighted by Gasteiger charge is -2.40. The second-order valence-electron chi connectivity index (χ2n) is 4.23. The summed E-state index contributed by atoms with van der Waals surface area (Å²) in [6.07, 6.45) is 1.03. The summed E-state index contributed by atoms with van der Waals surface area (Å²) in [5.41, 5.74) is 0. The number of hydrazone groups is 1. The molecule has 15 heavy (non-hydrogen) atoms. The number of hydrogen-bond donors (Lipinski definition) is 1. The molecule has 0 aromatic carbocycles. The van der Waals surface area contributed by atoms with E-state index < -0.39 is 0 Å². The quantitative estimate of drug-likeness (QED) is 0.615. The zero-order chi connectivity index (χ0) is 11.0. The van der Waals surface area contributed by atoms with Crippen molar-refractivity contribution in [2.24, 2.45) is 16.9 Å². The van der Waals surface area contributed by atoms with E-state index in [1.54, 1.807) is 14.2 Å². The first kappa shape index (κ1) is 10.4. The number of fused-ring (bicyclic) bond motifs is 1. The first-order valence-electron chi connectivity index (χ1n) is 5.28. The maximum atomic E-state index is 12.0. The molecule has 0 radical (unpaired) electrons. The molecule has 84 valence electrons. The van der Waals surface area contributed by atoms with Crippen LogP contribution in [0.5, 0.6) is 0 Å². The topological polar surface area (TPSA) is 53.9 Å². The fraction of sp³-hybridized carbons (Fsp3) is 0.800. The van der Waals surface area contributed by atoms with Gasteiger partial charge in [-0.2, -0.15) is 0 Å². The van der Waals surface area contributed by atoms with Gasteiger partial charge in [-0.15, -0.1) is 5.10 Å². The molecule has 0 aliphatic carbocycles. The summed E-state index contributed by atoms with van der Waals surface area (Å²) in [5.74, 6) is 1.05. The predicted octanol–water partition coefficient (Wildman–Crippen LogP) is 0.0325. The van der Waals surface area contributed by atoms with Gasteiger partial charge in [0.15, 0.2) is 0 Å². The minimum atomic E-state index is -0.0394. The maximum Gasteiger partial charge on any atom is 0.247 e. The van der Waals surface area contributed by atoms with Gasteiger partial charge in [0.1, 0.15) is 0 Å². The molecule has 1 N–H and O–H groups in total. The highest BCUT2D eigenvalue weighted by molar-refractivity contribution is 5.94. The summed E-state index contributed by atoms with van der Waals surface area (Å²) in [6.45, 7) is 3.03. The van der Waals surface area contributed by atoms with Crippen molar-refractivity contribution in [2.45, 2.75) is 19.4 Å². The van der Waals surface area contributed by atoms with Crippen LogP contribution in [-0.2, 0) is 9.53 Å². The van der Waals surface area contributed by atoms with Gasteiger partial charge in [-0.25, -0.2) is 5.01 Å².